The van der Waals surface area contributed by atoms with Crippen LogP contribution in [0.4, 0.5) is 5.95 Å². The van der Waals surface area contributed by atoms with E-state index in [4.69, 9.17) is 20.4 Å². The predicted octanol–water partition coefficient (Wildman–Crippen LogP) is -0.698. The number of nitrogen functional groups attached to an aromatic ring is 1. The molecule has 0 aromatic carbocycles. The maximum Gasteiger partial charge on any atom is 0.490 e. The highest BCUT2D eigenvalue weighted by atomic mass is 31.3. The van der Waals surface area contributed by atoms with Gasteiger partial charge in [0.2, 0.25) is 5.95 Å². The highest BCUT2D eigenvalue weighted by Crippen LogP contribution is 2.66. The summed E-state index contributed by atoms with van der Waals surface area (Å²) < 4.78 is 46.4. The van der Waals surface area contributed by atoms with Crippen molar-refractivity contribution < 1.29 is 51.5 Å². The van der Waals surface area contributed by atoms with E-state index in [0.717, 1.165) is 0 Å². The monoisotopic (exact) mass is 547 g/mol. The first kappa shape index (κ1) is 35.9. The molecule has 0 spiro atoms. The van der Waals surface area contributed by atoms with Crippen molar-refractivity contribution >= 4 is 40.6 Å². The van der Waals surface area contributed by atoms with Crippen LogP contribution in [-0.2, 0) is 33.4 Å². The third-order valence-corrected chi connectivity index (χ3v) is 6.90. The molecule has 2 aromatic heterocycles. The Hall–Kier alpha value is -1.64. The van der Waals surface area contributed by atoms with E-state index in [2.05, 4.69) is 28.1 Å². The fourth-order valence-electron chi connectivity index (χ4n) is 2.05. The molecule has 0 saturated heterocycles. The molecule has 2 aromatic rings. The molecule has 196 valence electrons. The number of aromatic amines is 1. The number of H-pyrrole nitrogens is 1. The van der Waals surface area contributed by atoms with Crippen LogP contribution in [0.3, 0.4) is 0 Å². The zero-order valence-electron chi connectivity index (χ0n) is 17.0. The van der Waals surface area contributed by atoms with Gasteiger partial charge < -0.3 is 59.6 Å². The molecule has 0 fully saturated rings. The van der Waals surface area contributed by atoms with Crippen molar-refractivity contribution in [3.05, 3.63) is 16.7 Å². The zero-order chi connectivity index (χ0) is 22.0. The van der Waals surface area contributed by atoms with Crippen molar-refractivity contribution in [1.82, 2.24) is 44.1 Å². The van der Waals surface area contributed by atoms with Crippen LogP contribution in [0, 0.1) is 5.92 Å². The Morgan fingerprint density at radius 3 is 2.15 bits per heavy atom. The van der Waals surface area contributed by atoms with Gasteiger partial charge in [-0.1, -0.05) is 0 Å². The van der Waals surface area contributed by atoms with Crippen LogP contribution in [0.1, 0.15) is 0 Å². The van der Waals surface area contributed by atoms with Crippen LogP contribution in [0.2, 0.25) is 0 Å². The minimum Gasteiger partial charge on any atom is -0.396 e. The van der Waals surface area contributed by atoms with Gasteiger partial charge in [0.25, 0.3) is 5.56 Å². The Kier molecular flexibility index (Phi) is 14.5. The predicted molar refractivity (Wildman–Crippen MR) is 113 cm³/mol. The fraction of sp³-hybridized carbons (Fsp3) is 0.444. The van der Waals surface area contributed by atoms with E-state index >= 15 is 0 Å². The van der Waals surface area contributed by atoms with E-state index in [-0.39, 0.29) is 48.3 Å². The lowest BCUT2D eigenvalue weighted by molar-refractivity contribution is 0.117. The van der Waals surface area contributed by atoms with E-state index in [1.165, 1.54) is 10.9 Å². The summed E-state index contributed by atoms with van der Waals surface area (Å²) in [6, 6.07) is 0. The lowest BCUT2D eigenvalue weighted by Crippen LogP contribution is -2.20. The van der Waals surface area contributed by atoms with Crippen molar-refractivity contribution in [2.75, 3.05) is 18.9 Å². The van der Waals surface area contributed by atoms with E-state index in [0.29, 0.717) is 0 Å². The summed E-state index contributed by atoms with van der Waals surface area (Å²) in [5, 5.41) is 9.42. The van der Waals surface area contributed by atoms with Gasteiger partial charge in [-0.2, -0.15) is 13.6 Å². The Labute approximate surface area is 185 Å². The average Bonchev–Trinajstić information content (AvgIpc) is 2.90. The third-order valence-electron chi connectivity index (χ3n) is 3.10. The molecule has 0 bridgehead atoms. The molecule has 2 heterocycles. The number of nitrogens with two attached hydrogens (primary N) is 1. The van der Waals surface area contributed by atoms with Gasteiger partial charge in [-0.3, -0.25) is 14.3 Å². The molecule has 24 heteroatoms. The van der Waals surface area contributed by atoms with Crippen LogP contribution in [0.5, 0.6) is 0 Å². The van der Waals surface area contributed by atoms with Gasteiger partial charge in [-0.15, -0.1) is 0 Å². The van der Waals surface area contributed by atoms with Crippen molar-refractivity contribution in [3.8, 4) is 0 Å². The van der Waals surface area contributed by atoms with E-state index < -0.39 is 48.2 Å². The largest absolute Gasteiger partial charge is 0.490 e. The second kappa shape index (κ2) is 13.3. The van der Waals surface area contributed by atoms with Crippen LogP contribution in [-0.4, -0.2) is 57.4 Å². The van der Waals surface area contributed by atoms with Gasteiger partial charge in [-0.25, -0.2) is 18.7 Å². The standard InChI is InChI=1S/C9H16N5O12P3.4H3N/c10-9-12-7-6(8(16)13-9)11-4-14(7)1-5(2-15)3-24-28(20,21)26-29(22,23)25-27(17,18)19;;;;/h4-5,15H,1-3H2,(H,20,21)(H,22,23)(H2,17,18,19)(H3,10,12,13,16);4*1H3. The molecular weight excluding hydrogens is 519 g/mol. The molecule has 33 heavy (non-hydrogen) atoms. The minimum absolute atomic E-state index is 0. The number of fused-ring (bicyclic) bond motifs is 1. The summed E-state index contributed by atoms with van der Waals surface area (Å²) in [5.74, 6) is -1.13. The molecule has 2 rings (SSSR count). The van der Waals surface area contributed by atoms with Gasteiger partial charge >= 0.3 is 23.5 Å². The molecular formula is C9H28N9O12P3. The number of phosphoric acid groups is 3. The van der Waals surface area contributed by atoms with Crippen LogP contribution >= 0.6 is 23.5 Å². The number of aliphatic hydroxyl groups excluding tert-OH is 1. The van der Waals surface area contributed by atoms with Gasteiger partial charge in [0.05, 0.1) is 12.9 Å². The Balaban J connectivity index is -0.00000225. The highest BCUT2D eigenvalue weighted by Gasteiger charge is 2.40. The molecule has 0 saturated carbocycles. The lowest BCUT2D eigenvalue weighted by Gasteiger charge is -2.19. The average molecular weight is 547 g/mol. The first-order chi connectivity index (χ1) is 13.2. The first-order valence-corrected chi connectivity index (χ1v) is 11.8. The minimum atomic E-state index is -5.65. The number of nitrogens with one attached hydrogen (secondary N) is 1. The van der Waals surface area contributed by atoms with Gasteiger partial charge in [-0.05, 0) is 0 Å². The van der Waals surface area contributed by atoms with Crippen molar-refractivity contribution in [3.63, 3.8) is 0 Å². The fourth-order valence-corrected chi connectivity index (χ4v) is 5.14. The Bertz CT molecular complexity index is 1090. The summed E-state index contributed by atoms with van der Waals surface area (Å²) in [6.45, 7) is -1.48. The van der Waals surface area contributed by atoms with Gasteiger partial charge in [0, 0.05) is 19.1 Å². The van der Waals surface area contributed by atoms with E-state index in [1.54, 1.807) is 0 Å². The second-order valence-electron chi connectivity index (χ2n) is 5.46. The molecule has 0 aliphatic heterocycles. The molecule has 3 unspecified atom stereocenters. The number of nitrogens with zero attached hydrogens (tertiary/aromatic N) is 3. The molecule has 0 amide bonds. The van der Waals surface area contributed by atoms with E-state index in [9.17, 15) is 28.5 Å². The molecule has 20 N–H and O–H groups in total. The molecule has 3 atom stereocenters. The third kappa shape index (κ3) is 10.9. The van der Waals surface area contributed by atoms with Gasteiger partial charge in [0.15, 0.2) is 11.2 Å². The number of rotatable bonds is 10. The van der Waals surface area contributed by atoms with Crippen molar-refractivity contribution in [2.24, 2.45) is 5.92 Å². The number of phosphoric ester groups is 1. The number of aromatic nitrogens is 4. The number of hydrogen-bond donors (Lipinski definition) is 11. The smallest absolute Gasteiger partial charge is 0.396 e. The first-order valence-electron chi connectivity index (χ1n) is 7.31. The maximum absolute atomic E-state index is 11.7. The van der Waals surface area contributed by atoms with Crippen molar-refractivity contribution in [1.29, 1.82) is 0 Å². The quantitative estimate of drug-likeness (QED) is 0.164. The normalized spacial score (nSPS) is 15.5. The molecule has 0 aliphatic carbocycles. The number of aliphatic hydroxyl groups is 1. The molecule has 0 aliphatic rings. The summed E-state index contributed by atoms with van der Waals surface area (Å²) in [5.41, 5.74) is 4.84. The Morgan fingerprint density at radius 1 is 1.06 bits per heavy atom. The molecule has 21 nitrogen and oxygen atoms in total. The zero-order valence-corrected chi connectivity index (χ0v) is 19.6. The summed E-state index contributed by atoms with van der Waals surface area (Å²) in [6.07, 6.45) is 1.19. The summed E-state index contributed by atoms with van der Waals surface area (Å²) in [4.78, 5) is 57.1. The van der Waals surface area contributed by atoms with Crippen LogP contribution in [0.25, 0.3) is 11.2 Å². The second-order valence-corrected chi connectivity index (χ2v) is 9.88. The summed E-state index contributed by atoms with van der Waals surface area (Å²) in [7, 11) is -16.5. The molecule has 0 radical (unpaired) electrons. The number of imidazole rings is 1. The van der Waals surface area contributed by atoms with Crippen LogP contribution < -0.4 is 35.9 Å². The maximum atomic E-state index is 11.7. The topological polar surface area (TPSA) is 410 Å². The van der Waals surface area contributed by atoms with E-state index in [1.807, 2.05) is 0 Å². The number of anilines is 1. The van der Waals surface area contributed by atoms with Gasteiger partial charge in [0.1, 0.15) is 0 Å². The summed E-state index contributed by atoms with van der Waals surface area (Å²) >= 11 is 0. The number of hydrogen-bond acceptors (Lipinski definition) is 15. The SMILES string of the molecule is N.N.N.N.Nc1nc2c(ncn2CC(CO)COP(=O)(O)OP(=O)(O)OP(=O)(O)O)c(=O)[nH]1. The van der Waals surface area contributed by atoms with Crippen molar-refractivity contribution in [2.45, 2.75) is 6.54 Å². The lowest BCUT2D eigenvalue weighted by atomic mass is 10.2. The van der Waals surface area contributed by atoms with Crippen LogP contribution in [0.15, 0.2) is 11.1 Å². The Morgan fingerprint density at radius 2 is 1.64 bits per heavy atom. The highest BCUT2D eigenvalue weighted by molar-refractivity contribution is 7.66.